The van der Waals surface area contributed by atoms with Crippen molar-refractivity contribution in [2.75, 3.05) is 0 Å². The van der Waals surface area contributed by atoms with E-state index in [1.807, 2.05) is 103 Å². The number of fused-ring (bicyclic) bond motifs is 1. The van der Waals surface area contributed by atoms with E-state index in [9.17, 15) is 4.79 Å². The Morgan fingerprint density at radius 1 is 0.615 bits per heavy atom. The molecule has 0 fully saturated rings. The summed E-state index contributed by atoms with van der Waals surface area (Å²) in [6.07, 6.45) is -0.441. The summed E-state index contributed by atoms with van der Waals surface area (Å²) >= 11 is 0. The minimum atomic E-state index is -0.441. The van der Waals surface area contributed by atoms with Crippen LogP contribution in [-0.2, 0) is 4.74 Å². The van der Waals surface area contributed by atoms with Gasteiger partial charge in [0.05, 0.1) is 5.56 Å². The molecule has 0 aliphatic rings. The summed E-state index contributed by atoms with van der Waals surface area (Å²) < 4.78 is 5.98. The van der Waals surface area contributed by atoms with Gasteiger partial charge in [-0.2, -0.15) is 0 Å². The number of hydrogen-bond acceptors (Lipinski definition) is 2. The molecule has 4 aromatic rings. The van der Waals surface area contributed by atoms with E-state index in [-0.39, 0.29) is 5.97 Å². The van der Waals surface area contributed by atoms with E-state index in [1.54, 1.807) is 0 Å². The first-order chi connectivity index (χ1) is 12.8. The summed E-state index contributed by atoms with van der Waals surface area (Å²) in [4.78, 5) is 13.0. The molecular weight excluding hydrogens is 320 g/mol. The van der Waals surface area contributed by atoms with Crippen LogP contribution in [0.3, 0.4) is 0 Å². The molecule has 0 N–H and O–H groups in total. The number of esters is 1. The maximum atomic E-state index is 13.0. The van der Waals surface area contributed by atoms with Gasteiger partial charge >= 0.3 is 5.97 Å². The minimum absolute atomic E-state index is 0.320. The van der Waals surface area contributed by atoms with Gasteiger partial charge in [-0.1, -0.05) is 97.1 Å². The average molecular weight is 338 g/mol. The van der Waals surface area contributed by atoms with Crippen LogP contribution in [0.4, 0.5) is 0 Å². The second kappa shape index (κ2) is 7.24. The van der Waals surface area contributed by atoms with Crippen molar-refractivity contribution in [1.82, 2.24) is 0 Å². The van der Waals surface area contributed by atoms with Gasteiger partial charge in [0.1, 0.15) is 0 Å². The average Bonchev–Trinajstić information content (AvgIpc) is 2.72. The normalized spacial score (nSPS) is 10.8. The highest BCUT2D eigenvalue weighted by molar-refractivity contribution is 6.04. The first-order valence-corrected chi connectivity index (χ1v) is 8.61. The van der Waals surface area contributed by atoms with Crippen LogP contribution in [-0.4, -0.2) is 5.97 Å². The van der Waals surface area contributed by atoms with E-state index in [0.29, 0.717) is 5.56 Å². The highest BCUT2D eigenvalue weighted by Crippen LogP contribution is 2.28. The third-order valence-corrected chi connectivity index (χ3v) is 4.44. The van der Waals surface area contributed by atoms with Gasteiger partial charge in [0.25, 0.3) is 0 Å². The molecule has 0 aliphatic carbocycles. The lowest BCUT2D eigenvalue weighted by molar-refractivity contribution is 0.0380. The van der Waals surface area contributed by atoms with Gasteiger partial charge in [-0.25, -0.2) is 4.79 Å². The SMILES string of the molecule is O=C(OC(c1ccccc1)c1ccccc1)c1cccc2ccccc12. The van der Waals surface area contributed by atoms with Crippen molar-refractivity contribution < 1.29 is 9.53 Å². The molecule has 2 heteroatoms. The molecule has 26 heavy (non-hydrogen) atoms. The second-order valence-corrected chi connectivity index (χ2v) is 6.13. The lowest BCUT2D eigenvalue weighted by atomic mass is 10.0. The van der Waals surface area contributed by atoms with Gasteiger partial charge in [0, 0.05) is 0 Å². The van der Waals surface area contributed by atoms with E-state index in [4.69, 9.17) is 4.74 Å². The van der Waals surface area contributed by atoms with E-state index >= 15 is 0 Å². The molecule has 4 aromatic carbocycles. The van der Waals surface area contributed by atoms with Crippen molar-refractivity contribution in [1.29, 1.82) is 0 Å². The fraction of sp³-hybridized carbons (Fsp3) is 0.0417. The molecule has 2 nitrogen and oxygen atoms in total. The fourth-order valence-corrected chi connectivity index (χ4v) is 3.16. The van der Waals surface area contributed by atoms with E-state index in [0.717, 1.165) is 21.9 Å². The van der Waals surface area contributed by atoms with Crippen molar-refractivity contribution in [3.8, 4) is 0 Å². The summed E-state index contributed by atoms with van der Waals surface area (Å²) in [6, 6.07) is 33.2. The number of hydrogen-bond donors (Lipinski definition) is 0. The molecule has 4 rings (SSSR count). The number of carbonyl (C=O) groups is 1. The molecule has 0 saturated heterocycles. The molecule has 0 saturated carbocycles. The van der Waals surface area contributed by atoms with Crippen molar-refractivity contribution in [3.63, 3.8) is 0 Å². The van der Waals surface area contributed by atoms with Crippen LogP contribution in [0, 0.1) is 0 Å². The topological polar surface area (TPSA) is 26.3 Å². The molecule has 0 aromatic heterocycles. The molecule has 0 amide bonds. The number of carbonyl (C=O) groups excluding carboxylic acids is 1. The molecular formula is C24H18O2. The Bertz CT molecular complexity index is 979. The summed E-state index contributed by atoms with van der Waals surface area (Å²) in [7, 11) is 0. The van der Waals surface area contributed by atoms with Crippen LogP contribution < -0.4 is 0 Å². The number of benzene rings is 4. The third kappa shape index (κ3) is 3.22. The lowest BCUT2D eigenvalue weighted by Crippen LogP contribution is -2.13. The fourth-order valence-electron chi connectivity index (χ4n) is 3.16. The third-order valence-electron chi connectivity index (χ3n) is 4.44. The van der Waals surface area contributed by atoms with Gasteiger partial charge in [-0.3, -0.25) is 0 Å². The Balaban J connectivity index is 1.73. The standard InChI is InChI=1S/C24H18O2/c25-24(22-17-9-15-18-10-7-8-16-21(18)22)26-23(19-11-3-1-4-12-19)20-13-5-2-6-14-20/h1-17,23H. The van der Waals surface area contributed by atoms with Gasteiger partial charge in [0.15, 0.2) is 6.10 Å². The van der Waals surface area contributed by atoms with Crippen molar-refractivity contribution in [2.45, 2.75) is 6.10 Å². The molecule has 0 heterocycles. The summed E-state index contributed by atoms with van der Waals surface area (Å²) in [6.45, 7) is 0. The van der Waals surface area contributed by atoms with Crippen molar-refractivity contribution in [3.05, 3.63) is 120 Å². The predicted octanol–water partition coefficient (Wildman–Crippen LogP) is 5.79. The summed E-state index contributed by atoms with van der Waals surface area (Å²) in [5.74, 6) is -0.320. The van der Waals surface area contributed by atoms with Gasteiger partial charge in [0.2, 0.25) is 0 Å². The minimum Gasteiger partial charge on any atom is -0.449 e. The molecule has 0 aliphatic heterocycles. The Morgan fingerprint density at radius 3 is 1.81 bits per heavy atom. The zero-order valence-corrected chi connectivity index (χ0v) is 14.2. The molecule has 126 valence electrons. The lowest BCUT2D eigenvalue weighted by Gasteiger charge is -2.19. The Morgan fingerprint density at radius 2 is 1.15 bits per heavy atom. The molecule has 0 unspecified atom stereocenters. The van der Waals surface area contributed by atoms with Gasteiger partial charge in [-0.05, 0) is 28.0 Å². The first-order valence-electron chi connectivity index (χ1n) is 8.61. The summed E-state index contributed by atoms with van der Waals surface area (Å²) in [5, 5.41) is 1.93. The maximum Gasteiger partial charge on any atom is 0.339 e. The molecule has 0 radical (unpaired) electrons. The molecule has 0 atom stereocenters. The van der Waals surface area contributed by atoms with E-state index in [2.05, 4.69) is 0 Å². The quantitative estimate of drug-likeness (QED) is 0.440. The molecule has 0 bridgehead atoms. The van der Waals surface area contributed by atoms with Crippen LogP contribution >= 0.6 is 0 Å². The monoisotopic (exact) mass is 338 g/mol. The maximum absolute atomic E-state index is 13.0. The van der Waals surface area contributed by atoms with E-state index < -0.39 is 6.10 Å². The van der Waals surface area contributed by atoms with Crippen molar-refractivity contribution >= 4 is 16.7 Å². The van der Waals surface area contributed by atoms with Crippen LogP contribution in [0.1, 0.15) is 27.6 Å². The van der Waals surface area contributed by atoms with Gasteiger partial charge in [-0.15, -0.1) is 0 Å². The molecule has 0 spiro atoms. The van der Waals surface area contributed by atoms with Crippen LogP contribution in [0.15, 0.2) is 103 Å². The highest BCUT2D eigenvalue weighted by Gasteiger charge is 2.21. The van der Waals surface area contributed by atoms with Crippen LogP contribution in [0.25, 0.3) is 10.8 Å². The van der Waals surface area contributed by atoms with Crippen molar-refractivity contribution in [2.24, 2.45) is 0 Å². The highest BCUT2D eigenvalue weighted by atomic mass is 16.5. The predicted molar refractivity (Wildman–Crippen MR) is 104 cm³/mol. The first kappa shape index (κ1) is 16.1. The Hall–Kier alpha value is -3.39. The van der Waals surface area contributed by atoms with Crippen LogP contribution in [0.2, 0.25) is 0 Å². The van der Waals surface area contributed by atoms with Gasteiger partial charge < -0.3 is 4.74 Å². The van der Waals surface area contributed by atoms with E-state index in [1.165, 1.54) is 0 Å². The largest absolute Gasteiger partial charge is 0.449 e. The Labute approximate surface area is 152 Å². The summed E-state index contributed by atoms with van der Waals surface area (Å²) in [5.41, 5.74) is 2.49. The number of rotatable bonds is 4. The Kier molecular flexibility index (Phi) is 4.48. The zero-order valence-electron chi connectivity index (χ0n) is 14.2. The van der Waals surface area contributed by atoms with Crippen LogP contribution in [0.5, 0.6) is 0 Å². The second-order valence-electron chi connectivity index (χ2n) is 6.13. The zero-order chi connectivity index (χ0) is 17.8. The smallest absolute Gasteiger partial charge is 0.339 e. The number of ether oxygens (including phenoxy) is 1.